The van der Waals surface area contributed by atoms with Crippen LogP contribution in [0.1, 0.15) is 0 Å². The number of aliphatic hydroxyl groups is 1. The molecule has 30 heavy (non-hydrogen) atoms. The lowest BCUT2D eigenvalue weighted by atomic mass is 10.1. The molecule has 2 atom stereocenters. The molecule has 0 bridgehead atoms. The predicted molar refractivity (Wildman–Crippen MR) is 104 cm³/mol. The lowest BCUT2D eigenvalue weighted by Crippen LogP contribution is -2.36. The largest absolute Gasteiger partial charge is 0.493 e. The third-order valence-corrected chi connectivity index (χ3v) is 4.41. The van der Waals surface area contributed by atoms with Crippen LogP contribution in [0.25, 0.3) is 22.2 Å². The summed E-state index contributed by atoms with van der Waals surface area (Å²) in [6.45, 7) is 0. The maximum absolute atomic E-state index is 14.2. The van der Waals surface area contributed by atoms with E-state index in [1.54, 1.807) is 18.2 Å². The van der Waals surface area contributed by atoms with Gasteiger partial charge in [-0.15, -0.1) is 0 Å². The second-order valence-corrected chi connectivity index (χ2v) is 6.35. The topological polar surface area (TPSA) is 98.5 Å². The van der Waals surface area contributed by atoms with Crippen LogP contribution in [0.5, 0.6) is 11.5 Å². The maximum Gasteiger partial charge on any atom is 0.268 e. The van der Waals surface area contributed by atoms with Crippen LogP contribution in [0.15, 0.2) is 35.4 Å². The van der Waals surface area contributed by atoms with E-state index in [9.17, 15) is 23.1 Å². The standard InChI is InChI=1S/C19H19F3N4O4/c1-26-8-23-11-7-10(9-4-5-12(29-2)13(6-9)30-3)24-18(14(11)19(26)28)25-17(22)15(27)16(20)21/h4-8,15-17,27H,1-3H3,(H,24,25). The molecule has 11 heteroatoms. The van der Waals surface area contributed by atoms with E-state index in [4.69, 9.17) is 9.47 Å². The van der Waals surface area contributed by atoms with Gasteiger partial charge in [0, 0.05) is 12.6 Å². The Bertz CT molecular complexity index is 1120. The summed E-state index contributed by atoms with van der Waals surface area (Å²) in [7, 11) is 4.36. The number of anilines is 1. The van der Waals surface area contributed by atoms with E-state index in [-0.39, 0.29) is 22.4 Å². The van der Waals surface area contributed by atoms with Gasteiger partial charge in [-0.2, -0.15) is 0 Å². The van der Waals surface area contributed by atoms with Crippen molar-refractivity contribution in [1.29, 1.82) is 0 Å². The number of alkyl halides is 3. The van der Waals surface area contributed by atoms with Crippen molar-refractivity contribution in [3.05, 3.63) is 40.9 Å². The van der Waals surface area contributed by atoms with Gasteiger partial charge < -0.3 is 24.5 Å². The van der Waals surface area contributed by atoms with Crippen molar-refractivity contribution in [3.63, 3.8) is 0 Å². The molecule has 3 rings (SSSR count). The third-order valence-electron chi connectivity index (χ3n) is 4.41. The van der Waals surface area contributed by atoms with E-state index < -0.39 is 24.4 Å². The molecule has 0 saturated carbocycles. The summed E-state index contributed by atoms with van der Waals surface area (Å²) in [5, 5.41) is 11.3. The van der Waals surface area contributed by atoms with Crippen molar-refractivity contribution in [1.82, 2.24) is 14.5 Å². The smallest absolute Gasteiger partial charge is 0.268 e. The molecule has 2 heterocycles. The quantitative estimate of drug-likeness (QED) is 0.562. The van der Waals surface area contributed by atoms with Gasteiger partial charge in [0.1, 0.15) is 11.2 Å². The maximum atomic E-state index is 14.2. The molecule has 0 fully saturated rings. The molecule has 2 N–H and O–H groups in total. The Kier molecular flexibility index (Phi) is 6.11. The van der Waals surface area contributed by atoms with Crippen molar-refractivity contribution < 1.29 is 27.8 Å². The van der Waals surface area contributed by atoms with Crippen LogP contribution in [0.4, 0.5) is 19.0 Å². The average molecular weight is 424 g/mol. The molecule has 0 saturated heterocycles. The Morgan fingerprint density at radius 2 is 1.83 bits per heavy atom. The van der Waals surface area contributed by atoms with Crippen LogP contribution >= 0.6 is 0 Å². The van der Waals surface area contributed by atoms with Crippen LogP contribution in [-0.4, -0.2) is 52.7 Å². The lowest BCUT2D eigenvalue weighted by molar-refractivity contribution is -0.0407. The predicted octanol–water partition coefficient (Wildman–Crippen LogP) is 2.35. The molecule has 0 aliphatic carbocycles. The normalized spacial score (nSPS) is 13.3. The monoisotopic (exact) mass is 424 g/mol. The Morgan fingerprint density at radius 1 is 1.13 bits per heavy atom. The molecular weight excluding hydrogens is 405 g/mol. The number of aryl methyl sites for hydroxylation is 1. The van der Waals surface area contributed by atoms with Gasteiger partial charge in [0.15, 0.2) is 17.6 Å². The van der Waals surface area contributed by atoms with E-state index >= 15 is 0 Å². The number of benzene rings is 1. The molecule has 8 nitrogen and oxygen atoms in total. The minimum Gasteiger partial charge on any atom is -0.493 e. The summed E-state index contributed by atoms with van der Waals surface area (Å²) in [5.74, 6) is 0.550. The molecule has 0 aliphatic heterocycles. The molecule has 160 valence electrons. The van der Waals surface area contributed by atoms with Crippen molar-refractivity contribution >= 4 is 16.7 Å². The zero-order chi connectivity index (χ0) is 22.0. The molecule has 0 amide bonds. The van der Waals surface area contributed by atoms with Gasteiger partial charge in [-0.3, -0.25) is 4.79 Å². The Hall–Kier alpha value is -3.34. The fourth-order valence-corrected chi connectivity index (χ4v) is 2.81. The second-order valence-electron chi connectivity index (χ2n) is 6.35. The number of fused-ring (bicyclic) bond motifs is 1. The van der Waals surface area contributed by atoms with E-state index in [1.165, 1.54) is 33.7 Å². The fourth-order valence-electron chi connectivity index (χ4n) is 2.81. The van der Waals surface area contributed by atoms with E-state index in [1.807, 2.05) is 0 Å². The minimum absolute atomic E-state index is 0.103. The Balaban J connectivity index is 2.18. The molecule has 2 unspecified atom stereocenters. The highest BCUT2D eigenvalue weighted by molar-refractivity contribution is 5.91. The zero-order valence-electron chi connectivity index (χ0n) is 16.3. The number of ether oxygens (including phenoxy) is 2. The van der Waals surface area contributed by atoms with Crippen LogP contribution in [0.3, 0.4) is 0 Å². The number of hydrogen-bond donors (Lipinski definition) is 2. The molecule has 1 aromatic carbocycles. The first-order chi connectivity index (χ1) is 14.3. The van der Waals surface area contributed by atoms with Gasteiger partial charge in [-0.25, -0.2) is 23.1 Å². The first-order valence-electron chi connectivity index (χ1n) is 8.72. The van der Waals surface area contributed by atoms with Crippen LogP contribution in [0.2, 0.25) is 0 Å². The van der Waals surface area contributed by atoms with Crippen molar-refractivity contribution in [2.24, 2.45) is 7.05 Å². The number of nitrogens with zero attached hydrogens (tertiary/aromatic N) is 3. The number of nitrogens with one attached hydrogen (secondary N) is 1. The minimum atomic E-state index is -3.33. The van der Waals surface area contributed by atoms with Gasteiger partial charge in [-0.1, -0.05) is 0 Å². The first kappa shape index (κ1) is 21.4. The number of methoxy groups -OCH3 is 2. The summed E-state index contributed by atoms with van der Waals surface area (Å²) < 4.78 is 51.2. The van der Waals surface area contributed by atoms with Crippen LogP contribution < -0.4 is 20.3 Å². The van der Waals surface area contributed by atoms with E-state index in [0.717, 1.165) is 4.57 Å². The number of aromatic nitrogens is 3. The summed E-state index contributed by atoms with van der Waals surface area (Å²) in [6, 6.07) is 6.39. The summed E-state index contributed by atoms with van der Waals surface area (Å²) in [6.07, 6.45) is -7.22. The number of rotatable bonds is 7. The summed E-state index contributed by atoms with van der Waals surface area (Å²) in [4.78, 5) is 20.9. The molecule has 0 radical (unpaired) electrons. The van der Waals surface area contributed by atoms with Crippen molar-refractivity contribution in [2.45, 2.75) is 18.8 Å². The molecular formula is C19H19F3N4O4. The highest BCUT2D eigenvalue weighted by Crippen LogP contribution is 2.33. The van der Waals surface area contributed by atoms with Crippen molar-refractivity contribution in [3.8, 4) is 22.8 Å². The number of aliphatic hydroxyl groups excluding tert-OH is 1. The summed E-state index contributed by atoms with van der Waals surface area (Å²) >= 11 is 0. The molecule has 0 spiro atoms. The van der Waals surface area contributed by atoms with Gasteiger partial charge in [-0.05, 0) is 24.3 Å². The Morgan fingerprint density at radius 3 is 2.47 bits per heavy atom. The summed E-state index contributed by atoms with van der Waals surface area (Å²) in [5.41, 5.74) is 0.391. The van der Waals surface area contributed by atoms with Gasteiger partial charge in [0.2, 0.25) is 6.30 Å². The number of pyridine rings is 1. The lowest BCUT2D eigenvalue weighted by Gasteiger charge is -2.18. The zero-order valence-corrected chi connectivity index (χ0v) is 16.3. The Labute approximate surface area is 168 Å². The third kappa shape index (κ3) is 4.01. The van der Waals surface area contributed by atoms with E-state index in [0.29, 0.717) is 17.1 Å². The highest BCUT2D eigenvalue weighted by atomic mass is 19.3. The number of hydrogen-bond acceptors (Lipinski definition) is 7. The van der Waals surface area contributed by atoms with Crippen molar-refractivity contribution in [2.75, 3.05) is 19.5 Å². The van der Waals surface area contributed by atoms with Crippen LogP contribution in [0, 0.1) is 0 Å². The van der Waals surface area contributed by atoms with Crippen LogP contribution in [-0.2, 0) is 7.05 Å². The second kappa shape index (κ2) is 8.57. The van der Waals surface area contributed by atoms with Gasteiger partial charge in [0.25, 0.3) is 12.0 Å². The molecule has 3 aromatic rings. The molecule has 2 aromatic heterocycles. The first-order valence-corrected chi connectivity index (χ1v) is 8.72. The SMILES string of the molecule is COc1ccc(-c2cc3ncn(C)c(=O)c3c(NC(F)C(O)C(F)F)n2)cc1OC. The van der Waals surface area contributed by atoms with Gasteiger partial charge in [0.05, 0.1) is 31.8 Å². The van der Waals surface area contributed by atoms with Gasteiger partial charge >= 0.3 is 0 Å². The average Bonchev–Trinajstić information content (AvgIpc) is 2.74. The van der Waals surface area contributed by atoms with E-state index in [2.05, 4.69) is 15.3 Å². The molecule has 0 aliphatic rings. The fraction of sp³-hybridized carbons (Fsp3) is 0.316. The number of halogens is 3. The highest BCUT2D eigenvalue weighted by Gasteiger charge is 2.29.